The molecule has 0 radical (unpaired) electrons. The molecule has 0 atom stereocenters. The summed E-state index contributed by atoms with van der Waals surface area (Å²) < 4.78 is 11.9. The molecule has 3 rings (SSSR count). The Labute approximate surface area is 211 Å². The average molecular weight is 498 g/mol. The van der Waals surface area contributed by atoms with Crippen LogP contribution >= 0.6 is 24.0 Å². The van der Waals surface area contributed by atoms with Crippen molar-refractivity contribution in [3.63, 3.8) is 0 Å². The van der Waals surface area contributed by atoms with Gasteiger partial charge in [0.05, 0.1) is 24.3 Å². The van der Waals surface area contributed by atoms with Crippen molar-refractivity contribution < 1.29 is 19.1 Å². The number of benzene rings is 2. The number of methoxy groups -OCH3 is 1. The highest BCUT2D eigenvalue weighted by Crippen LogP contribution is 2.37. The highest BCUT2D eigenvalue weighted by molar-refractivity contribution is 8.27. The Hall–Kier alpha value is -2.64. The zero-order valence-corrected chi connectivity index (χ0v) is 21.6. The molecule has 0 spiro atoms. The molecule has 1 aliphatic heterocycles. The molecule has 0 bridgehead atoms. The third-order valence-corrected chi connectivity index (χ3v) is 6.85. The molecule has 2 aromatic rings. The van der Waals surface area contributed by atoms with Crippen LogP contribution in [0.4, 0.5) is 5.69 Å². The smallest absolute Gasteiger partial charge is 0.270 e. The highest BCUT2D eigenvalue weighted by atomic mass is 32.2. The van der Waals surface area contributed by atoms with Crippen LogP contribution in [0, 0.1) is 0 Å². The number of carbonyl (C=O) groups is 2. The molecule has 7 heteroatoms. The zero-order chi connectivity index (χ0) is 24.5. The molecule has 1 heterocycles. The molecule has 2 aromatic carbocycles. The van der Waals surface area contributed by atoms with E-state index >= 15 is 0 Å². The van der Waals surface area contributed by atoms with Crippen molar-refractivity contribution in [2.75, 3.05) is 18.6 Å². The molecule has 1 saturated heterocycles. The molecule has 5 nitrogen and oxygen atoms in total. The van der Waals surface area contributed by atoms with Crippen molar-refractivity contribution >= 4 is 51.8 Å². The first-order chi connectivity index (χ1) is 16.4. The summed E-state index contributed by atoms with van der Waals surface area (Å²) in [5.74, 6) is 1.05. The first-order valence-electron chi connectivity index (χ1n) is 11.6. The fourth-order valence-corrected chi connectivity index (χ4v) is 4.96. The second-order valence-corrected chi connectivity index (χ2v) is 9.83. The summed E-state index contributed by atoms with van der Waals surface area (Å²) in [7, 11) is 1.61. The Morgan fingerprint density at radius 1 is 1.06 bits per heavy atom. The number of thioether (sulfide) groups is 1. The van der Waals surface area contributed by atoms with Crippen LogP contribution in [0.3, 0.4) is 0 Å². The van der Waals surface area contributed by atoms with Gasteiger partial charge in [-0.15, -0.1) is 0 Å². The van der Waals surface area contributed by atoms with Crippen LogP contribution in [0.1, 0.15) is 68.3 Å². The van der Waals surface area contributed by atoms with E-state index in [-0.39, 0.29) is 11.7 Å². The van der Waals surface area contributed by atoms with E-state index in [0.717, 1.165) is 18.4 Å². The standard InChI is InChI=1S/C27H31NO4S2/c1-4-5-6-7-8-9-15-32-23-14-13-20(16-24(23)31-3)17-25-26(30)28(27(33)34-25)22-12-10-11-21(18-22)19(2)29/h10-14,16-18H,4-9,15H2,1-3H3. The summed E-state index contributed by atoms with van der Waals surface area (Å²) in [4.78, 5) is 26.8. The van der Waals surface area contributed by atoms with Gasteiger partial charge in [0.2, 0.25) is 0 Å². The Kier molecular flexibility index (Phi) is 9.72. The number of unbranched alkanes of at least 4 members (excludes halogenated alkanes) is 5. The fourth-order valence-electron chi connectivity index (χ4n) is 3.66. The first-order valence-corrected chi connectivity index (χ1v) is 12.9. The number of hydrogen-bond acceptors (Lipinski definition) is 6. The van der Waals surface area contributed by atoms with Gasteiger partial charge in [0.25, 0.3) is 5.91 Å². The van der Waals surface area contributed by atoms with Gasteiger partial charge in [-0.25, -0.2) is 0 Å². The molecule has 0 unspecified atom stereocenters. The number of ketones is 1. The number of amides is 1. The third-order valence-electron chi connectivity index (χ3n) is 5.55. The van der Waals surface area contributed by atoms with E-state index in [0.29, 0.717) is 38.6 Å². The number of anilines is 1. The molecular weight excluding hydrogens is 466 g/mol. The summed E-state index contributed by atoms with van der Waals surface area (Å²) >= 11 is 6.70. The van der Waals surface area contributed by atoms with Crippen LogP contribution < -0.4 is 14.4 Å². The number of hydrogen-bond donors (Lipinski definition) is 0. The quantitative estimate of drug-likeness (QED) is 0.136. The maximum Gasteiger partial charge on any atom is 0.270 e. The molecule has 0 aromatic heterocycles. The lowest BCUT2D eigenvalue weighted by molar-refractivity contribution is -0.113. The van der Waals surface area contributed by atoms with Gasteiger partial charge in [-0.2, -0.15) is 0 Å². The Morgan fingerprint density at radius 3 is 2.56 bits per heavy atom. The summed E-state index contributed by atoms with van der Waals surface area (Å²) in [5.41, 5.74) is 1.95. The van der Waals surface area contributed by atoms with Crippen LogP contribution in [0.5, 0.6) is 11.5 Å². The zero-order valence-electron chi connectivity index (χ0n) is 20.0. The molecule has 180 valence electrons. The van der Waals surface area contributed by atoms with Crippen molar-refractivity contribution in [2.45, 2.75) is 52.4 Å². The van der Waals surface area contributed by atoms with Gasteiger partial charge in [-0.05, 0) is 49.2 Å². The van der Waals surface area contributed by atoms with Crippen molar-refractivity contribution in [3.8, 4) is 11.5 Å². The number of rotatable bonds is 12. The number of carbonyl (C=O) groups excluding carboxylic acids is 2. The van der Waals surface area contributed by atoms with E-state index in [9.17, 15) is 9.59 Å². The van der Waals surface area contributed by atoms with Crippen LogP contribution in [0.25, 0.3) is 6.08 Å². The van der Waals surface area contributed by atoms with Crippen molar-refractivity contribution in [2.24, 2.45) is 0 Å². The normalized spacial score (nSPS) is 14.7. The van der Waals surface area contributed by atoms with E-state index in [1.165, 1.54) is 49.3 Å². The predicted octanol–water partition coefficient (Wildman–Crippen LogP) is 7.04. The number of nitrogens with zero attached hydrogens (tertiary/aromatic N) is 1. The van der Waals surface area contributed by atoms with E-state index in [2.05, 4.69) is 6.92 Å². The lowest BCUT2D eigenvalue weighted by atomic mass is 10.1. The third kappa shape index (κ3) is 6.70. The van der Waals surface area contributed by atoms with Crippen LogP contribution in [-0.4, -0.2) is 29.7 Å². The Bertz CT molecular complexity index is 1080. The Morgan fingerprint density at radius 2 is 1.82 bits per heavy atom. The van der Waals surface area contributed by atoms with E-state index < -0.39 is 0 Å². The van der Waals surface area contributed by atoms with Crippen LogP contribution in [-0.2, 0) is 4.79 Å². The van der Waals surface area contributed by atoms with Crippen molar-refractivity contribution in [3.05, 3.63) is 58.5 Å². The van der Waals surface area contributed by atoms with E-state index in [1.54, 1.807) is 37.5 Å². The topological polar surface area (TPSA) is 55.8 Å². The highest BCUT2D eigenvalue weighted by Gasteiger charge is 2.33. The minimum atomic E-state index is -0.210. The van der Waals surface area contributed by atoms with E-state index in [4.69, 9.17) is 21.7 Å². The van der Waals surface area contributed by atoms with Crippen molar-refractivity contribution in [1.82, 2.24) is 0 Å². The van der Waals surface area contributed by atoms with Gasteiger partial charge in [-0.3, -0.25) is 14.5 Å². The molecule has 0 N–H and O–H groups in total. The largest absolute Gasteiger partial charge is 0.493 e. The minimum absolute atomic E-state index is 0.0614. The molecule has 34 heavy (non-hydrogen) atoms. The lowest BCUT2D eigenvalue weighted by Crippen LogP contribution is -2.27. The second kappa shape index (κ2) is 12.7. The summed E-state index contributed by atoms with van der Waals surface area (Å²) in [6, 6.07) is 12.6. The van der Waals surface area contributed by atoms with Gasteiger partial charge < -0.3 is 9.47 Å². The fraction of sp³-hybridized carbons (Fsp3) is 0.370. The molecule has 0 aliphatic carbocycles. The van der Waals surface area contributed by atoms with Crippen LogP contribution in [0.15, 0.2) is 47.4 Å². The number of Topliss-reactive ketones (excluding diaryl/α,β-unsaturated/α-hetero) is 1. The SMILES string of the molecule is CCCCCCCCOc1ccc(C=C2SC(=S)N(c3cccc(C(C)=O)c3)C2=O)cc1OC. The number of ether oxygens (including phenoxy) is 2. The number of thiocarbonyl (C=S) groups is 1. The summed E-state index contributed by atoms with van der Waals surface area (Å²) in [5, 5.41) is 0. The lowest BCUT2D eigenvalue weighted by Gasteiger charge is -2.15. The summed E-state index contributed by atoms with van der Waals surface area (Å²) in [6.45, 7) is 4.37. The minimum Gasteiger partial charge on any atom is -0.493 e. The first kappa shape index (κ1) is 26.0. The monoisotopic (exact) mass is 497 g/mol. The molecule has 1 amide bonds. The molecule has 0 saturated carbocycles. The van der Waals surface area contributed by atoms with Crippen LogP contribution in [0.2, 0.25) is 0 Å². The van der Waals surface area contributed by atoms with Gasteiger partial charge in [0.1, 0.15) is 0 Å². The van der Waals surface area contributed by atoms with Crippen molar-refractivity contribution in [1.29, 1.82) is 0 Å². The molecule has 1 aliphatic rings. The molecular formula is C27H31NO4S2. The van der Waals surface area contributed by atoms with Gasteiger partial charge in [0, 0.05) is 5.56 Å². The second-order valence-electron chi connectivity index (χ2n) is 8.15. The van der Waals surface area contributed by atoms with E-state index in [1.807, 2.05) is 18.2 Å². The molecule has 1 fully saturated rings. The maximum atomic E-state index is 13.1. The van der Waals surface area contributed by atoms with Gasteiger partial charge in [0.15, 0.2) is 21.6 Å². The predicted molar refractivity (Wildman–Crippen MR) is 144 cm³/mol. The summed E-state index contributed by atoms with van der Waals surface area (Å²) in [6.07, 6.45) is 9.04. The van der Waals surface area contributed by atoms with Gasteiger partial charge >= 0.3 is 0 Å². The average Bonchev–Trinajstić information content (AvgIpc) is 3.11. The van der Waals surface area contributed by atoms with Gasteiger partial charge in [-0.1, -0.05) is 81.2 Å². The Balaban J connectivity index is 1.68. The maximum absolute atomic E-state index is 13.1.